The molecule has 0 aromatic heterocycles. The highest BCUT2D eigenvalue weighted by molar-refractivity contribution is 9.10. The van der Waals surface area contributed by atoms with Gasteiger partial charge >= 0.3 is 0 Å². The molecule has 0 heterocycles. The Labute approximate surface area is 164 Å². The summed E-state index contributed by atoms with van der Waals surface area (Å²) >= 11 is 9.23. The minimum absolute atomic E-state index is 0.0512. The number of benzene rings is 2. The van der Waals surface area contributed by atoms with Crippen LogP contribution < -0.4 is 10.9 Å². The molecule has 7 nitrogen and oxygen atoms in total. The molecule has 10 heteroatoms. The van der Waals surface area contributed by atoms with E-state index < -0.39 is 21.8 Å². The van der Waals surface area contributed by atoms with Gasteiger partial charge in [-0.3, -0.25) is 20.4 Å². The first-order chi connectivity index (χ1) is 12.1. The van der Waals surface area contributed by atoms with Crippen molar-refractivity contribution in [1.29, 1.82) is 0 Å². The highest BCUT2D eigenvalue weighted by atomic mass is 79.9. The van der Waals surface area contributed by atoms with E-state index in [-0.39, 0.29) is 15.5 Å². The smallest absolute Gasteiger partial charge is 0.267 e. The second-order valence-corrected chi connectivity index (χ2v) is 8.73. The molecular weight excluding hydrogens is 446 g/mol. The van der Waals surface area contributed by atoms with Crippen LogP contribution in [-0.2, 0) is 10.0 Å². The van der Waals surface area contributed by atoms with E-state index in [2.05, 4.69) is 26.8 Å². The van der Waals surface area contributed by atoms with Crippen LogP contribution in [0.2, 0.25) is 5.02 Å². The third-order valence-electron chi connectivity index (χ3n) is 3.37. The first kappa shape index (κ1) is 20.4. The minimum Gasteiger partial charge on any atom is -0.267 e. The third-order valence-corrected chi connectivity index (χ3v) is 6.20. The lowest BCUT2D eigenvalue weighted by Gasteiger charge is -2.13. The number of hydrogen-bond acceptors (Lipinski definition) is 4. The molecule has 26 heavy (non-hydrogen) atoms. The largest absolute Gasteiger partial charge is 0.271 e. The summed E-state index contributed by atoms with van der Waals surface area (Å²) in [5.74, 6) is -1.29. The molecule has 0 aliphatic rings. The number of nitrogens with one attached hydrogen (secondary N) is 2. The van der Waals surface area contributed by atoms with E-state index in [1.807, 2.05) is 0 Å². The number of sulfonamides is 1. The van der Waals surface area contributed by atoms with Gasteiger partial charge in [0.15, 0.2) is 0 Å². The van der Waals surface area contributed by atoms with Gasteiger partial charge in [0.25, 0.3) is 11.8 Å². The molecule has 0 spiro atoms. The first-order valence-electron chi connectivity index (χ1n) is 7.22. The second-order valence-electron chi connectivity index (χ2n) is 5.32. The van der Waals surface area contributed by atoms with Gasteiger partial charge in [-0.2, -0.15) is 0 Å². The predicted molar refractivity (Wildman–Crippen MR) is 101 cm³/mol. The molecular formula is C16H15BrClN3O4S. The first-order valence-corrected chi connectivity index (χ1v) is 9.83. The highest BCUT2D eigenvalue weighted by Gasteiger charge is 2.21. The zero-order chi connectivity index (χ0) is 19.5. The molecule has 138 valence electrons. The Morgan fingerprint density at radius 2 is 1.58 bits per heavy atom. The van der Waals surface area contributed by atoms with Crippen LogP contribution in [0.4, 0.5) is 0 Å². The van der Waals surface area contributed by atoms with Crippen molar-refractivity contribution >= 4 is 49.4 Å². The fourth-order valence-corrected chi connectivity index (χ4v) is 3.54. The number of rotatable bonds is 4. The van der Waals surface area contributed by atoms with E-state index in [4.69, 9.17) is 11.6 Å². The summed E-state index contributed by atoms with van der Waals surface area (Å²) < 4.78 is 25.9. The van der Waals surface area contributed by atoms with Gasteiger partial charge in [-0.05, 0) is 46.3 Å². The lowest BCUT2D eigenvalue weighted by atomic mass is 10.2. The normalized spacial score (nSPS) is 11.3. The molecule has 0 aliphatic carbocycles. The lowest BCUT2D eigenvalue weighted by Crippen LogP contribution is -2.42. The van der Waals surface area contributed by atoms with Gasteiger partial charge in [0.2, 0.25) is 10.0 Å². The van der Waals surface area contributed by atoms with Crippen molar-refractivity contribution in [2.24, 2.45) is 0 Å². The quantitative estimate of drug-likeness (QED) is 0.685. The molecule has 2 aromatic rings. The number of halogens is 2. The number of amides is 2. The van der Waals surface area contributed by atoms with Gasteiger partial charge in [-0.25, -0.2) is 12.7 Å². The zero-order valence-electron chi connectivity index (χ0n) is 13.8. The third kappa shape index (κ3) is 4.42. The minimum atomic E-state index is -3.73. The standard InChI is InChI=1S/C16H15BrClN3O4S/c1-21(2)26(24,25)10-7-8-14(18)12(9-10)16(23)20-19-15(22)11-5-3-4-6-13(11)17/h3-9H,1-2H3,(H,19,22)(H,20,23). The Kier molecular flexibility index (Phi) is 6.40. The Morgan fingerprint density at radius 1 is 1.00 bits per heavy atom. The van der Waals surface area contributed by atoms with Crippen molar-refractivity contribution in [3.63, 3.8) is 0 Å². The zero-order valence-corrected chi connectivity index (χ0v) is 16.9. The van der Waals surface area contributed by atoms with Crippen LogP contribution >= 0.6 is 27.5 Å². The average Bonchev–Trinajstić information content (AvgIpc) is 2.59. The van der Waals surface area contributed by atoms with E-state index in [0.717, 1.165) is 10.4 Å². The average molecular weight is 461 g/mol. The second kappa shape index (κ2) is 8.17. The van der Waals surface area contributed by atoms with Crippen LogP contribution in [-0.4, -0.2) is 38.6 Å². The van der Waals surface area contributed by atoms with Crippen molar-refractivity contribution in [2.75, 3.05) is 14.1 Å². The molecule has 0 fully saturated rings. The van der Waals surface area contributed by atoms with Crippen LogP contribution in [0.25, 0.3) is 0 Å². The number of hydrogen-bond donors (Lipinski definition) is 2. The van der Waals surface area contributed by atoms with Crippen LogP contribution in [0.1, 0.15) is 20.7 Å². The number of nitrogens with zero attached hydrogens (tertiary/aromatic N) is 1. The van der Waals surface area contributed by atoms with Crippen molar-refractivity contribution < 1.29 is 18.0 Å². The maximum atomic E-state index is 12.3. The van der Waals surface area contributed by atoms with Crippen LogP contribution in [0, 0.1) is 0 Å². The molecule has 0 aliphatic heterocycles. The summed E-state index contributed by atoms with van der Waals surface area (Å²) in [5, 5.41) is 0.0512. The van der Waals surface area contributed by atoms with Crippen molar-refractivity contribution in [1.82, 2.24) is 15.2 Å². The number of carbonyl (C=O) groups excluding carboxylic acids is 2. The maximum Gasteiger partial charge on any atom is 0.271 e. The van der Waals surface area contributed by atoms with Crippen molar-refractivity contribution in [3.8, 4) is 0 Å². The van der Waals surface area contributed by atoms with Crippen LogP contribution in [0.5, 0.6) is 0 Å². The van der Waals surface area contributed by atoms with Crippen LogP contribution in [0.3, 0.4) is 0 Å². The molecule has 2 rings (SSSR count). The molecule has 0 atom stereocenters. The Bertz CT molecular complexity index is 964. The molecule has 2 aromatic carbocycles. The van der Waals surface area contributed by atoms with Gasteiger partial charge in [0.05, 0.1) is 21.0 Å². The lowest BCUT2D eigenvalue weighted by molar-refractivity contribution is 0.0846. The fraction of sp³-hybridized carbons (Fsp3) is 0.125. The Hall–Kier alpha value is -1.94. The van der Waals surface area contributed by atoms with E-state index in [9.17, 15) is 18.0 Å². The van der Waals surface area contributed by atoms with Crippen LogP contribution in [0.15, 0.2) is 51.8 Å². The Morgan fingerprint density at radius 3 is 2.15 bits per heavy atom. The maximum absolute atomic E-state index is 12.3. The van der Waals surface area contributed by atoms with E-state index >= 15 is 0 Å². The summed E-state index contributed by atoms with van der Waals surface area (Å²) in [7, 11) is -0.975. The summed E-state index contributed by atoms with van der Waals surface area (Å²) in [6.07, 6.45) is 0. The van der Waals surface area contributed by atoms with E-state index in [1.54, 1.807) is 24.3 Å². The molecule has 2 N–H and O–H groups in total. The van der Waals surface area contributed by atoms with Gasteiger partial charge in [0.1, 0.15) is 0 Å². The topological polar surface area (TPSA) is 95.6 Å². The fourth-order valence-electron chi connectivity index (χ4n) is 1.94. The predicted octanol–water partition coefficient (Wildman–Crippen LogP) is 2.43. The summed E-state index contributed by atoms with van der Waals surface area (Å²) in [5.41, 5.74) is 4.72. The van der Waals surface area contributed by atoms with E-state index in [1.165, 1.54) is 26.2 Å². The van der Waals surface area contributed by atoms with Gasteiger partial charge in [-0.15, -0.1) is 0 Å². The van der Waals surface area contributed by atoms with E-state index in [0.29, 0.717) is 10.0 Å². The Balaban J connectivity index is 2.20. The van der Waals surface area contributed by atoms with Crippen molar-refractivity contribution in [3.05, 3.63) is 63.1 Å². The van der Waals surface area contributed by atoms with Crippen molar-refractivity contribution in [2.45, 2.75) is 4.90 Å². The summed E-state index contributed by atoms with van der Waals surface area (Å²) in [6, 6.07) is 10.4. The molecule has 0 unspecified atom stereocenters. The van der Waals surface area contributed by atoms with Gasteiger partial charge in [0, 0.05) is 18.6 Å². The van der Waals surface area contributed by atoms with Gasteiger partial charge in [-0.1, -0.05) is 23.7 Å². The number of hydrazine groups is 1. The molecule has 2 amide bonds. The molecule has 0 saturated heterocycles. The monoisotopic (exact) mass is 459 g/mol. The number of carbonyl (C=O) groups is 2. The SMILES string of the molecule is CN(C)S(=O)(=O)c1ccc(Cl)c(C(=O)NNC(=O)c2ccccc2Br)c1. The molecule has 0 radical (unpaired) electrons. The summed E-state index contributed by atoms with van der Waals surface area (Å²) in [4.78, 5) is 24.3. The molecule has 0 bridgehead atoms. The highest BCUT2D eigenvalue weighted by Crippen LogP contribution is 2.22. The van der Waals surface area contributed by atoms with Gasteiger partial charge < -0.3 is 0 Å². The summed E-state index contributed by atoms with van der Waals surface area (Å²) in [6.45, 7) is 0. The molecule has 0 saturated carbocycles.